The molecule has 2 aliphatic rings. The average molecular weight is 990 g/mol. The molecular formula is C49H50N3Na3O11S2. The first-order valence-corrected chi connectivity index (χ1v) is 22.8. The minimum atomic E-state index is -1.69. The van der Waals surface area contributed by atoms with E-state index < -0.39 is 35.7 Å². The van der Waals surface area contributed by atoms with E-state index in [-0.39, 0.29) is 101 Å². The third-order valence-corrected chi connectivity index (χ3v) is 12.8. The van der Waals surface area contributed by atoms with Gasteiger partial charge in [-0.05, 0) is 84.5 Å². The third-order valence-electron chi connectivity index (χ3n) is 11.6. The monoisotopic (exact) mass is 989 g/mol. The Morgan fingerprint density at radius 3 is 2.22 bits per heavy atom. The number of rotatable bonds is 23. The fourth-order valence-electron chi connectivity index (χ4n) is 8.65. The van der Waals surface area contributed by atoms with Crippen LogP contribution >= 0.6 is 24.1 Å². The van der Waals surface area contributed by atoms with Gasteiger partial charge in [-0.15, -0.1) is 0 Å². The molecule has 1 unspecified atom stereocenters. The Morgan fingerprint density at radius 2 is 1.51 bits per heavy atom. The maximum atomic E-state index is 12.8. The third kappa shape index (κ3) is 15.0. The second kappa shape index (κ2) is 28.5. The van der Waals surface area contributed by atoms with E-state index in [0.29, 0.717) is 18.7 Å². The summed E-state index contributed by atoms with van der Waals surface area (Å²) in [5, 5.41) is 54.5. The number of carbonyl (C=O) groups is 3. The summed E-state index contributed by atoms with van der Waals surface area (Å²) in [4.78, 5) is 38.2. The second-order valence-corrected chi connectivity index (χ2v) is 18.1. The summed E-state index contributed by atoms with van der Waals surface area (Å²) in [5.74, 6) is -3.28. The van der Waals surface area contributed by atoms with Crippen LogP contribution < -0.4 is 120 Å². The van der Waals surface area contributed by atoms with E-state index in [1.165, 1.54) is 5.56 Å². The van der Waals surface area contributed by atoms with Gasteiger partial charge < -0.3 is 40.5 Å². The van der Waals surface area contributed by atoms with Crippen LogP contribution in [0.3, 0.4) is 0 Å². The van der Waals surface area contributed by atoms with Crippen molar-refractivity contribution in [2.75, 3.05) is 23.7 Å². The molecule has 0 aromatic heterocycles. The van der Waals surface area contributed by atoms with Crippen molar-refractivity contribution >= 4 is 69.8 Å². The quantitative estimate of drug-likeness (QED) is 0.0145. The number of benzene rings is 4. The van der Waals surface area contributed by atoms with Crippen LogP contribution in [0.2, 0.25) is 0 Å². The number of aliphatic carboxylic acids is 2. The van der Waals surface area contributed by atoms with Gasteiger partial charge >= 0.3 is 88.7 Å². The summed E-state index contributed by atoms with van der Waals surface area (Å²) >= 11 is 1.83. The van der Waals surface area contributed by atoms with E-state index in [1.807, 2.05) is 66.8 Å². The Kier molecular flexibility index (Phi) is 25.0. The van der Waals surface area contributed by atoms with Gasteiger partial charge in [-0.2, -0.15) is 13.2 Å². The van der Waals surface area contributed by atoms with Crippen molar-refractivity contribution < 1.29 is 147 Å². The predicted octanol–water partition coefficient (Wildman–Crippen LogP) is -3.72. The Labute approximate surface area is 471 Å². The number of carboxylic acid groups (broad SMARTS) is 2. The van der Waals surface area contributed by atoms with Gasteiger partial charge in [0, 0.05) is 89.0 Å². The summed E-state index contributed by atoms with van der Waals surface area (Å²) in [6, 6.07) is 24.8. The molecule has 6 rings (SSSR count). The molecule has 68 heavy (non-hydrogen) atoms. The molecule has 0 aliphatic carbocycles. The van der Waals surface area contributed by atoms with E-state index in [2.05, 4.69) is 116 Å². The van der Waals surface area contributed by atoms with E-state index in [9.17, 15) is 35.1 Å². The van der Waals surface area contributed by atoms with Gasteiger partial charge in [0.25, 0.3) is 0 Å². The molecule has 1 N–H and O–H groups in total. The summed E-state index contributed by atoms with van der Waals surface area (Å²) in [6.07, 6.45) is 15.2. The fourth-order valence-corrected chi connectivity index (χ4v) is 9.48. The van der Waals surface area contributed by atoms with Gasteiger partial charge in [-0.25, -0.2) is 0 Å². The summed E-state index contributed by atoms with van der Waals surface area (Å²) in [7, 11) is 0. The predicted molar refractivity (Wildman–Crippen MR) is 242 cm³/mol. The van der Waals surface area contributed by atoms with E-state index in [4.69, 9.17) is 0 Å². The van der Waals surface area contributed by atoms with E-state index in [0.717, 1.165) is 98.6 Å². The number of nitrogens with zero attached hydrogens (tertiary/aromatic N) is 2. The van der Waals surface area contributed by atoms with Gasteiger partial charge in [0.15, 0.2) is 5.71 Å². The number of carboxylic acids is 2. The average Bonchev–Trinajstić information content (AvgIpc) is 3.63. The fraction of sp³-hybridized carbons (Fsp3) is 0.306. The van der Waals surface area contributed by atoms with Crippen molar-refractivity contribution in [1.82, 2.24) is 5.32 Å². The van der Waals surface area contributed by atoms with Crippen molar-refractivity contribution in [2.45, 2.75) is 81.6 Å². The molecule has 0 spiro atoms. The van der Waals surface area contributed by atoms with Gasteiger partial charge in [0.1, 0.15) is 6.54 Å². The minimum absolute atomic E-state index is 0. The SMILES string of the molecule is CC1(C)C(/C=C/C=C/C=C/C=C2/N(CCCC(=O)NC(CC(=O)[O-])C(=O)[O-])c3cc(-c4ccccc4)ccc3C2(C)C)=[N+](CCCCSOO[O-])c2ccc3cc(SOO[O-])ccc3c21.[Na+].[Na+].[Na+]. The largest absolute Gasteiger partial charge is 1.00 e. The standard InChI is InChI=1S/C49H53N3O11S2.3Na/c1-48(2)38-25-21-34(33-16-9-8-10-17-33)31-41(38)52(28-15-20-44(53)50-39(47(56)57)32-45(54)55)42(48)18-11-6-5-7-12-19-43-49(3,4)46-37-24-23-36(65-63-61-59)30-35(37)22-26-40(46)51(43)27-13-14-29-64-62-60-58;;;/h5-12,16-19,21-26,30-31,39H,13-15,20,27-29,32H2,1-4H3,(H4-,50,53,54,55,56,57,58,59);;;/q;3*+1/p-3. The molecular weight excluding hydrogens is 940 g/mol. The number of anilines is 1. The Hall–Kier alpha value is -2.56. The summed E-state index contributed by atoms with van der Waals surface area (Å²) < 4.78 is 11.3. The molecule has 2 heterocycles. The van der Waals surface area contributed by atoms with Crippen molar-refractivity contribution in [1.29, 1.82) is 0 Å². The molecule has 4 aromatic carbocycles. The molecule has 1 amide bonds. The number of unbranched alkanes of at least 4 members (excludes halogenated alkanes) is 1. The summed E-state index contributed by atoms with van der Waals surface area (Å²) in [6.45, 7) is 9.88. The van der Waals surface area contributed by atoms with Gasteiger partial charge in [0.2, 0.25) is 11.6 Å². The van der Waals surface area contributed by atoms with E-state index in [1.54, 1.807) is 0 Å². The number of carbonyl (C=O) groups excluding carboxylic acids is 3. The normalized spacial score (nSPS) is 15.6. The maximum absolute atomic E-state index is 12.8. The molecule has 0 saturated heterocycles. The molecule has 0 bridgehead atoms. The molecule has 2 aliphatic heterocycles. The van der Waals surface area contributed by atoms with Crippen LogP contribution in [-0.2, 0) is 44.0 Å². The molecule has 19 heteroatoms. The first-order valence-electron chi connectivity index (χ1n) is 21.1. The van der Waals surface area contributed by atoms with Crippen molar-refractivity contribution in [3.8, 4) is 11.1 Å². The van der Waals surface area contributed by atoms with Crippen molar-refractivity contribution in [2.24, 2.45) is 0 Å². The van der Waals surface area contributed by atoms with Gasteiger partial charge in [0.05, 0.1) is 29.5 Å². The van der Waals surface area contributed by atoms with Crippen LogP contribution in [0.4, 0.5) is 11.4 Å². The zero-order valence-electron chi connectivity index (χ0n) is 39.5. The molecule has 342 valence electrons. The number of amides is 1. The van der Waals surface area contributed by atoms with Crippen LogP contribution in [0.25, 0.3) is 21.9 Å². The number of hydrogen-bond acceptors (Lipinski definition) is 14. The molecule has 4 aromatic rings. The Balaban J connectivity index is 0.00000408. The van der Waals surface area contributed by atoms with E-state index >= 15 is 0 Å². The van der Waals surface area contributed by atoms with Crippen LogP contribution in [0.5, 0.6) is 0 Å². The maximum Gasteiger partial charge on any atom is 1.00 e. The van der Waals surface area contributed by atoms with Crippen molar-refractivity contribution in [3.05, 3.63) is 138 Å². The van der Waals surface area contributed by atoms with Crippen LogP contribution in [-0.4, -0.2) is 53.0 Å². The van der Waals surface area contributed by atoms with Crippen LogP contribution in [0, 0.1) is 0 Å². The molecule has 14 nitrogen and oxygen atoms in total. The first-order chi connectivity index (χ1) is 31.3. The van der Waals surface area contributed by atoms with Gasteiger partial charge in [-0.1, -0.05) is 92.8 Å². The molecule has 1 atom stereocenters. The molecule has 0 radical (unpaired) electrons. The molecule has 0 saturated carbocycles. The second-order valence-electron chi connectivity index (χ2n) is 16.6. The first kappa shape index (κ1) is 59.7. The minimum Gasteiger partial charge on any atom is -0.691 e. The number of nitrogens with one attached hydrogen (secondary N) is 1. The zero-order chi connectivity index (χ0) is 46.6. The zero-order valence-corrected chi connectivity index (χ0v) is 47.1. The number of fused-ring (bicyclic) bond motifs is 4. The van der Waals surface area contributed by atoms with Crippen molar-refractivity contribution in [3.63, 3.8) is 0 Å². The van der Waals surface area contributed by atoms with Gasteiger partial charge in [-0.3, -0.25) is 14.9 Å². The summed E-state index contributed by atoms with van der Waals surface area (Å²) in [5.41, 5.74) is 7.84. The topological polar surface area (TPSA) is 199 Å². The van der Waals surface area contributed by atoms with Crippen LogP contribution in [0.15, 0.2) is 132 Å². The Morgan fingerprint density at radius 1 is 0.794 bits per heavy atom. The van der Waals surface area contributed by atoms with Crippen LogP contribution in [0.1, 0.15) is 70.9 Å². The Bertz CT molecular complexity index is 2540. The number of allylic oxidation sites excluding steroid dienone is 8. The number of hydrogen-bond donors (Lipinski definition) is 1. The smallest absolute Gasteiger partial charge is 0.691 e. The molecule has 0 fully saturated rings.